The van der Waals surface area contributed by atoms with Crippen molar-refractivity contribution in [3.63, 3.8) is 0 Å². The van der Waals surface area contributed by atoms with E-state index in [0.29, 0.717) is 18.7 Å². The summed E-state index contributed by atoms with van der Waals surface area (Å²) in [5.74, 6) is 0.119. The van der Waals surface area contributed by atoms with E-state index in [0.717, 1.165) is 24.1 Å². The second-order valence-corrected chi connectivity index (χ2v) is 7.48. The Bertz CT molecular complexity index is 851. The minimum atomic E-state index is -3.67. The Morgan fingerprint density at radius 1 is 1.21 bits per heavy atom. The van der Waals surface area contributed by atoms with Crippen LogP contribution in [-0.2, 0) is 14.8 Å². The zero-order valence-corrected chi connectivity index (χ0v) is 14.2. The number of anilines is 2. The minimum absolute atomic E-state index is 0.109. The summed E-state index contributed by atoms with van der Waals surface area (Å²) in [5, 5.41) is 0. The van der Waals surface area contributed by atoms with Crippen LogP contribution in [0.1, 0.15) is 24.8 Å². The number of amides is 1. The van der Waals surface area contributed by atoms with E-state index in [4.69, 9.17) is 0 Å². The number of hydrogen-bond donors (Lipinski definition) is 1. The van der Waals surface area contributed by atoms with Gasteiger partial charge in [0.05, 0.1) is 0 Å². The van der Waals surface area contributed by atoms with E-state index in [1.807, 2.05) is 6.92 Å². The Hall–Kier alpha value is -2.41. The third-order valence-corrected chi connectivity index (χ3v) is 5.37. The van der Waals surface area contributed by atoms with E-state index in [-0.39, 0.29) is 10.8 Å². The van der Waals surface area contributed by atoms with Crippen molar-refractivity contribution in [1.82, 2.24) is 4.98 Å². The van der Waals surface area contributed by atoms with Crippen LogP contribution in [0.3, 0.4) is 0 Å². The van der Waals surface area contributed by atoms with Crippen LogP contribution < -0.4 is 9.62 Å². The molecule has 1 N–H and O–H groups in total. The third-order valence-electron chi connectivity index (χ3n) is 4.01. The van der Waals surface area contributed by atoms with Crippen molar-refractivity contribution < 1.29 is 13.2 Å². The van der Waals surface area contributed by atoms with Gasteiger partial charge in [-0.25, -0.2) is 8.42 Å². The molecule has 1 aliphatic heterocycles. The van der Waals surface area contributed by atoms with Crippen LogP contribution in [0.5, 0.6) is 0 Å². The Morgan fingerprint density at radius 2 is 2.04 bits per heavy atom. The summed E-state index contributed by atoms with van der Waals surface area (Å²) in [6.45, 7) is 2.58. The highest BCUT2D eigenvalue weighted by molar-refractivity contribution is 7.92. The molecular weight excluding hydrogens is 326 g/mol. The maximum atomic E-state index is 12.3. The standard InChI is InChI=1S/C17H19N3O3S/c1-13-11-14(19-24(22,23)15-5-4-9-18-12-15)7-8-16(13)20-10-3-2-6-17(20)21/h4-5,7-9,11-12,19H,2-3,6,10H2,1H3. The fraction of sp³-hybridized carbons (Fsp3) is 0.294. The zero-order chi connectivity index (χ0) is 17.2. The fourth-order valence-corrected chi connectivity index (χ4v) is 3.81. The number of carbonyl (C=O) groups is 1. The summed E-state index contributed by atoms with van der Waals surface area (Å²) in [6, 6.07) is 8.27. The number of carbonyl (C=O) groups excluding carboxylic acids is 1. The molecule has 1 aliphatic rings. The van der Waals surface area contributed by atoms with Crippen LogP contribution in [0, 0.1) is 6.92 Å². The van der Waals surface area contributed by atoms with Gasteiger partial charge in [-0.3, -0.25) is 14.5 Å². The van der Waals surface area contributed by atoms with Gasteiger partial charge in [0.15, 0.2) is 0 Å². The maximum absolute atomic E-state index is 12.3. The summed E-state index contributed by atoms with van der Waals surface area (Å²) < 4.78 is 27.2. The quantitative estimate of drug-likeness (QED) is 0.924. The van der Waals surface area contributed by atoms with Crippen molar-refractivity contribution in [3.8, 4) is 0 Å². The van der Waals surface area contributed by atoms with Gasteiger partial charge in [-0.05, 0) is 55.7 Å². The van der Waals surface area contributed by atoms with E-state index in [9.17, 15) is 13.2 Å². The van der Waals surface area contributed by atoms with Crippen molar-refractivity contribution in [2.45, 2.75) is 31.1 Å². The number of piperidine rings is 1. The first-order valence-corrected chi connectivity index (χ1v) is 9.29. The van der Waals surface area contributed by atoms with Gasteiger partial charge in [0, 0.05) is 36.7 Å². The molecule has 0 atom stereocenters. The molecule has 0 aliphatic carbocycles. The molecule has 3 rings (SSSR count). The molecule has 126 valence electrons. The SMILES string of the molecule is Cc1cc(NS(=O)(=O)c2cccnc2)ccc1N1CCCCC1=O. The molecule has 6 nitrogen and oxygen atoms in total. The first-order valence-electron chi connectivity index (χ1n) is 7.81. The number of nitrogens with zero attached hydrogens (tertiary/aromatic N) is 2. The van der Waals surface area contributed by atoms with Crippen LogP contribution in [0.4, 0.5) is 11.4 Å². The molecule has 0 saturated carbocycles. The lowest BCUT2D eigenvalue weighted by molar-refractivity contribution is -0.119. The summed E-state index contributed by atoms with van der Waals surface area (Å²) in [4.78, 5) is 17.8. The number of aromatic nitrogens is 1. The molecule has 0 unspecified atom stereocenters. The Kier molecular flexibility index (Phi) is 4.53. The van der Waals surface area contributed by atoms with Crippen LogP contribution in [0.15, 0.2) is 47.6 Å². The fourth-order valence-electron chi connectivity index (χ4n) is 2.80. The lowest BCUT2D eigenvalue weighted by Gasteiger charge is -2.28. The highest BCUT2D eigenvalue weighted by Crippen LogP contribution is 2.28. The number of hydrogen-bond acceptors (Lipinski definition) is 4. The van der Waals surface area contributed by atoms with Gasteiger partial charge in [0.2, 0.25) is 5.91 Å². The number of benzene rings is 1. The molecule has 7 heteroatoms. The van der Waals surface area contributed by atoms with Crippen LogP contribution in [0.2, 0.25) is 0 Å². The summed E-state index contributed by atoms with van der Waals surface area (Å²) in [7, 11) is -3.67. The van der Waals surface area contributed by atoms with E-state index in [2.05, 4.69) is 9.71 Å². The smallest absolute Gasteiger partial charge is 0.263 e. The minimum Gasteiger partial charge on any atom is -0.312 e. The van der Waals surface area contributed by atoms with Gasteiger partial charge in [-0.1, -0.05) is 0 Å². The van der Waals surface area contributed by atoms with Gasteiger partial charge < -0.3 is 4.90 Å². The van der Waals surface area contributed by atoms with Crippen LogP contribution >= 0.6 is 0 Å². The first kappa shape index (κ1) is 16.4. The predicted molar refractivity (Wildman–Crippen MR) is 92.4 cm³/mol. The second-order valence-electron chi connectivity index (χ2n) is 5.80. The normalized spacial score (nSPS) is 15.4. The van der Waals surface area contributed by atoms with Crippen molar-refractivity contribution in [3.05, 3.63) is 48.3 Å². The molecule has 2 aromatic rings. The van der Waals surface area contributed by atoms with Gasteiger partial charge >= 0.3 is 0 Å². The number of aryl methyl sites for hydroxylation is 1. The van der Waals surface area contributed by atoms with Crippen molar-refractivity contribution in [1.29, 1.82) is 0 Å². The van der Waals surface area contributed by atoms with Gasteiger partial charge in [-0.15, -0.1) is 0 Å². The predicted octanol–water partition coefficient (Wildman–Crippen LogP) is 2.71. The van der Waals surface area contributed by atoms with Crippen LogP contribution in [0.25, 0.3) is 0 Å². The topological polar surface area (TPSA) is 79.4 Å². The lowest BCUT2D eigenvalue weighted by Crippen LogP contribution is -2.35. The largest absolute Gasteiger partial charge is 0.312 e. The number of pyridine rings is 1. The summed E-state index contributed by atoms with van der Waals surface area (Å²) >= 11 is 0. The first-order chi connectivity index (χ1) is 11.5. The number of rotatable bonds is 4. The maximum Gasteiger partial charge on any atom is 0.263 e. The summed E-state index contributed by atoms with van der Waals surface area (Å²) in [5.41, 5.74) is 2.16. The molecule has 0 spiro atoms. The Labute approximate surface area is 141 Å². The number of nitrogens with one attached hydrogen (secondary N) is 1. The van der Waals surface area contributed by atoms with E-state index >= 15 is 0 Å². The number of sulfonamides is 1. The van der Waals surface area contributed by atoms with E-state index < -0.39 is 10.0 Å². The van der Waals surface area contributed by atoms with E-state index in [1.54, 1.807) is 29.2 Å². The molecular formula is C17H19N3O3S. The van der Waals surface area contributed by atoms with Gasteiger partial charge in [0.1, 0.15) is 4.90 Å². The van der Waals surface area contributed by atoms with Gasteiger partial charge in [0.25, 0.3) is 10.0 Å². The molecule has 24 heavy (non-hydrogen) atoms. The highest BCUT2D eigenvalue weighted by Gasteiger charge is 2.21. The van der Waals surface area contributed by atoms with Gasteiger partial charge in [-0.2, -0.15) is 0 Å². The molecule has 1 saturated heterocycles. The third kappa shape index (κ3) is 3.41. The van der Waals surface area contributed by atoms with E-state index in [1.165, 1.54) is 18.5 Å². The molecule has 2 heterocycles. The highest BCUT2D eigenvalue weighted by atomic mass is 32.2. The molecule has 1 fully saturated rings. The lowest BCUT2D eigenvalue weighted by atomic mass is 10.1. The average molecular weight is 345 g/mol. The molecule has 1 aromatic carbocycles. The molecule has 0 bridgehead atoms. The van der Waals surface area contributed by atoms with Crippen molar-refractivity contribution >= 4 is 27.3 Å². The van der Waals surface area contributed by atoms with Crippen LogP contribution in [-0.4, -0.2) is 25.9 Å². The average Bonchev–Trinajstić information content (AvgIpc) is 2.56. The monoisotopic (exact) mass is 345 g/mol. The Balaban J connectivity index is 1.84. The zero-order valence-electron chi connectivity index (χ0n) is 13.4. The Morgan fingerprint density at radius 3 is 2.71 bits per heavy atom. The van der Waals surface area contributed by atoms with Crippen molar-refractivity contribution in [2.75, 3.05) is 16.2 Å². The molecule has 0 radical (unpaired) electrons. The molecule has 1 aromatic heterocycles. The van der Waals surface area contributed by atoms with Crippen molar-refractivity contribution in [2.24, 2.45) is 0 Å². The second kappa shape index (κ2) is 6.60. The molecule has 1 amide bonds. The summed E-state index contributed by atoms with van der Waals surface area (Å²) in [6.07, 6.45) is 5.30.